The Bertz CT molecular complexity index is 1060. The Kier molecular flexibility index (Phi) is 5.08. The highest BCUT2D eigenvalue weighted by Crippen LogP contribution is 2.23. The molecule has 0 saturated heterocycles. The van der Waals surface area contributed by atoms with Gasteiger partial charge in [-0.05, 0) is 71.3 Å². The van der Waals surface area contributed by atoms with Gasteiger partial charge in [-0.3, -0.25) is 4.79 Å². The summed E-state index contributed by atoms with van der Waals surface area (Å²) in [6.45, 7) is 0. The lowest BCUT2D eigenvalue weighted by Gasteiger charge is -2.08. The molecule has 0 heterocycles. The zero-order valence-corrected chi connectivity index (χ0v) is 15.4. The molecule has 0 aliphatic rings. The fraction of sp³-hybridized carbons (Fsp3) is 0. The third kappa shape index (κ3) is 4.30. The number of carbonyl (C=O) groups excluding carboxylic acids is 1. The molecule has 4 heteroatoms. The molecule has 0 fully saturated rings. The van der Waals surface area contributed by atoms with Crippen LogP contribution in [0.4, 0.5) is 11.4 Å². The molecule has 0 saturated carbocycles. The van der Waals surface area contributed by atoms with Crippen LogP contribution >= 0.6 is 11.9 Å². The molecule has 0 aliphatic carbocycles. The van der Waals surface area contributed by atoms with Crippen LogP contribution in [0.25, 0.3) is 10.8 Å². The highest BCUT2D eigenvalue weighted by Gasteiger charge is 2.07. The average molecular weight is 370 g/mol. The molecule has 4 aromatic carbocycles. The Morgan fingerprint density at radius 3 is 2.15 bits per heavy atom. The summed E-state index contributed by atoms with van der Waals surface area (Å²) in [7, 11) is 0. The lowest BCUT2D eigenvalue weighted by molar-refractivity contribution is 0.102. The molecule has 0 bridgehead atoms. The van der Waals surface area contributed by atoms with Crippen LogP contribution in [-0.4, -0.2) is 5.91 Å². The van der Waals surface area contributed by atoms with Crippen LogP contribution in [0.5, 0.6) is 0 Å². The van der Waals surface area contributed by atoms with Crippen molar-refractivity contribution in [1.82, 2.24) is 0 Å². The van der Waals surface area contributed by atoms with Gasteiger partial charge < -0.3 is 10.0 Å². The largest absolute Gasteiger partial charge is 0.326 e. The summed E-state index contributed by atoms with van der Waals surface area (Å²) in [5, 5.41) is 5.14. The van der Waals surface area contributed by atoms with E-state index in [1.165, 1.54) is 11.9 Å². The van der Waals surface area contributed by atoms with E-state index in [0.29, 0.717) is 5.56 Å². The van der Waals surface area contributed by atoms with E-state index in [1.807, 2.05) is 97.1 Å². The number of fused-ring (bicyclic) bond motifs is 1. The summed E-state index contributed by atoms with van der Waals surface area (Å²) in [5.74, 6) is -0.108. The molecule has 4 rings (SSSR count). The maximum absolute atomic E-state index is 12.5. The van der Waals surface area contributed by atoms with Gasteiger partial charge in [0.2, 0.25) is 0 Å². The zero-order chi connectivity index (χ0) is 18.5. The SMILES string of the molecule is O=C(Nc1ccc(SNc2ccccc2)cc1)c1ccc2ccccc2c1. The fourth-order valence-corrected chi connectivity index (χ4v) is 3.41. The lowest BCUT2D eigenvalue weighted by atomic mass is 10.1. The second kappa shape index (κ2) is 7.98. The predicted molar refractivity (Wildman–Crippen MR) is 114 cm³/mol. The Hall–Kier alpha value is -3.24. The molecule has 1 amide bonds. The van der Waals surface area contributed by atoms with E-state index in [0.717, 1.165) is 27.0 Å². The molecule has 2 N–H and O–H groups in total. The number of anilines is 2. The fourth-order valence-electron chi connectivity index (χ4n) is 2.76. The summed E-state index contributed by atoms with van der Waals surface area (Å²) < 4.78 is 3.29. The van der Waals surface area contributed by atoms with Crippen molar-refractivity contribution in [3.8, 4) is 0 Å². The topological polar surface area (TPSA) is 41.1 Å². The summed E-state index contributed by atoms with van der Waals surface area (Å²) in [6.07, 6.45) is 0. The van der Waals surface area contributed by atoms with E-state index in [9.17, 15) is 4.79 Å². The maximum Gasteiger partial charge on any atom is 0.255 e. The van der Waals surface area contributed by atoms with Gasteiger partial charge in [-0.25, -0.2) is 0 Å². The number of rotatable bonds is 5. The molecule has 0 aromatic heterocycles. The molecule has 3 nitrogen and oxygen atoms in total. The van der Waals surface area contributed by atoms with Crippen LogP contribution in [0, 0.1) is 0 Å². The van der Waals surface area contributed by atoms with E-state index < -0.39 is 0 Å². The average Bonchev–Trinajstić information content (AvgIpc) is 2.73. The van der Waals surface area contributed by atoms with Crippen LogP contribution in [0.3, 0.4) is 0 Å². The van der Waals surface area contributed by atoms with Gasteiger partial charge in [0.1, 0.15) is 0 Å². The zero-order valence-electron chi connectivity index (χ0n) is 14.6. The monoisotopic (exact) mass is 370 g/mol. The number of amides is 1. The van der Waals surface area contributed by atoms with Crippen LogP contribution in [0.2, 0.25) is 0 Å². The molecule has 0 atom stereocenters. The van der Waals surface area contributed by atoms with E-state index in [4.69, 9.17) is 0 Å². The first-order valence-electron chi connectivity index (χ1n) is 8.66. The second-order valence-corrected chi connectivity index (χ2v) is 6.99. The second-order valence-electron chi connectivity index (χ2n) is 6.11. The van der Waals surface area contributed by atoms with Crippen molar-refractivity contribution in [2.24, 2.45) is 0 Å². The molecular weight excluding hydrogens is 352 g/mol. The first-order valence-corrected chi connectivity index (χ1v) is 9.48. The summed E-state index contributed by atoms with van der Waals surface area (Å²) >= 11 is 1.54. The van der Waals surface area contributed by atoms with Crippen molar-refractivity contribution in [3.63, 3.8) is 0 Å². The Labute approximate surface area is 162 Å². The molecular formula is C23H18N2OS. The van der Waals surface area contributed by atoms with Gasteiger partial charge in [0.15, 0.2) is 0 Å². The summed E-state index contributed by atoms with van der Waals surface area (Å²) in [6, 6.07) is 31.6. The van der Waals surface area contributed by atoms with Crippen molar-refractivity contribution in [2.75, 3.05) is 10.0 Å². The van der Waals surface area contributed by atoms with E-state index in [2.05, 4.69) is 10.0 Å². The predicted octanol–water partition coefficient (Wildman–Crippen LogP) is 6.21. The number of hydrogen-bond acceptors (Lipinski definition) is 3. The van der Waals surface area contributed by atoms with Crippen molar-refractivity contribution in [1.29, 1.82) is 0 Å². The highest BCUT2D eigenvalue weighted by atomic mass is 32.2. The molecule has 0 spiro atoms. The van der Waals surface area contributed by atoms with Crippen molar-refractivity contribution in [2.45, 2.75) is 4.90 Å². The maximum atomic E-state index is 12.5. The lowest BCUT2D eigenvalue weighted by Crippen LogP contribution is -2.11. The smallest absolute Gasteiger partial charge is 0.255 e. The first-order chi connectivity index (χ1) is 13.3. The van der Waals surface area contributed by atoms with E-state index >= 15 is 0 Å². The summed E-state index contributed by atoms with van der Waals surface area (Å²) in [4.78, 5) is 13.6. The Morgan fingerprint density at radius 1 is 0.667 bits per heavy atom. The molecule has 0 radical (unpaired) electrons. The van der Waals surface area contributed by atoms with E-state index in [1.54, 1.807) is 0 Å². The molecule has 4 aromatic rings. The van der Waals surface area contributed by atoms with Crippen LogP contribution in [-0.2, 0) is 0 Å². The van der Waals surface area contributed by atoms with Crippen LogP contribution in [0.1, 0.15) is 10.4 Å². The summed E-state index contributed by atoms with van der Waals surface area (Å²) in [5.41, 5.74) is 2.48. The van der Waals surface area contributed by atoms with E-state index in [-0.39, 0.29) is 5.91 Å². The number of benzene rings is 4. The third-order valence-electron chi connectivity index (χ3n) is 4.18. The minimum Gasteiger partial charge on any atom is -0.326 e. The Balaban J connectivity index is 1.40. The minimum absolute atomic E-state index is 0.108. The number of hydrogen-bond donors (Lipinski definition) is 2. The van der Waals surface area contributed by atoms with Crippen molar-refractivity contribution in [3.05, 3.63) is 103 Å². The number of para-hydroxylation sites is 1. The first kappa shape index (κ1) is 17.2. The molecule has 0 unspecified atom stereocenters. The number of nitrogens with one attached hydrogen (secondary N) is 2. The van der Waals surface area contributed by atoms with Crippen LogP contribution in [0.15, 0.2) is 102 Å². The van der Waals surface area contributed by atoms with Crippen molar-refractivity contribution < 1.29 is 4.79 Å². The Morgan fingerprint density at radius 2 is 1.37 bits per heavy atom. The van der Waals surface area contributed by atoms with Gasteiger partial charge >= 0.3 is 0 Å². The van der Waals surface area contributed by atoms with Gasteiger partial charge in [0, 0.05) is 21.8 Å². The number of carbonyl (C=O) groups is 1. The third-order valence-corrected chi connectivity index (χ3v) is 5.03. The molecule has 27 heavy (non-hydrogen) atoms. The van der Waals surface area contributed by atoms with Gasteiger partial charge in [-0.15, -0.1) is 0 Å². The van der Waals surface area contributed by atoms with Gasteiger partial charge in [-0.2, -0.15) is 0 Å². The van der Waals surface area contributed by atoms with Gasteiger partial charge in [0.25, 0.3) is 5.91 Å². The minimum atomic E-state index is -0.108. The molecule has 0 aliphatic heterocycles. The van der Waals surface area contributed by atoms with Crippen LogP contribution < -0.4 is 10.0 Å². The molecule has 132 valence electrons. The normalized spacial score (nSPS) is 10.5. The van der Waals surface area contributed by atoms with Crippen molar-refractivity contribution >= 4 is 40.0 Å². The van der Waals surface area contributed by atoms with Gasteiger partial charge in [-0.1, -0.05) is 48.5 Å². The standard InChI is InChI=1S/C23H18N2OS/c26-23(19-11-10-17-6-4-5-7-18(17)16-19)24-20-12-14-22(15-13-20)27-25-21-8-2-1-3-9-21/h1-16,25H,(H,24,26). The van der Waals surface area contributed by atoms with Gasteiger partial charge in [0.05, 0.1) is 0 Å². The quantitative estimate of drug-likeness (QED) is 0.410. The highest BCUT2D eigenvalue weighted by molar-refractivity contribution is 8.00.